The van der Waals surface area contributed by atoms with Crippen molar-refractivity contribution in [2.45, 2.75) is 27.7 Å². The highest BCUT2D eigenvalue weighted by molar-refractivity contribution is 6.28. The second kappa shape index (κ2) is 16.3. The van der Waals surface area contributed by atoms with Crippen molar-refractivity contribution in [3.63, 3.8) is 0 Å². The van der Waals surface area contributed by atoms with Crippen LogP contribution in [0.2, 0.25) is 0 Å². The smallest absolute Gasteiger partial charge is 0.187 e. The monoisotopic (exact) mass is 866 g/mol. The van der Waals surface area contributed by atoms with Crippen molar-refractivity contribution in [3.8, 4) is 28.3 Å². The molecule has 10 rings (SSSR count). The summed E-state index contributed by atoms with van der Waals surface area (Å²) in [6.07, 6.45) is 0. The molecular weight excluding hydrogens is 829 g/mol. The maximum atomic E-state index is 16.6. The molecule has 0 heterocycles. The average Bonchev–Trinajstić information content (AvgIpc) is 3.32. The Kier molecular flexibility index (Phi) is 10.2. The molecule has 0 radical (unpaired) electrons. The summed E-state index contributed by atoms with van der Waals surface area (Å²) in [6.45, 7) is 15.5. The van der Waals surface area contributed by atoms with Gasteiger partial charge in [0.15, 0.2) is 5.69 Å². The standard InChI is InChI=1S/C58H38F4N4/c1-33-6-10-40(26-35(33)3)47-28-55(51(61)30-49(47)59)65(43-18-8-37(32-63)9-19-43)53-24-14-38-13-23-46-54(25-15-39-12-22-45(53)57(38)58(39)46)66(44-20-16-42(64-5)17-21-44)56-29-48(50(60)31-52(56)62)41-11-7-34(2)36(4)27-41/h6-31H,1-4H3. The van der Waals surface area contributed by atoms with Crippen molar-refractivity contribution in [2.75, 3.05) is 9.80 Å². The third-order valence-electron chi connectivity index (χ3n) is 12.8. The van der Waals surface area contributed by atoms with Crippen molar-refractivity contribution in [2.24, 2.45) is 0 Å². The lowest BCUT2D eigenvalue weighted by molar-refractivity contribution is 0.586. The molecule has 8 heteroatoms. The van der Waals surface area contributed by atoms with Gasteiger partial charge in [0.1, 0.15) is 23.3 Å². The van der Waals surface area contributed by atoms with E-state index in [4.69, 9.17) is 6.57 Å². The van der Waals surface area contributed by atoms with Crippen molar-refractivity contribution in [1.82, 2.24) is 0 Å². The van der Waals surface area contributed by atoms with E-state index in [9.17, 15) is 5.26 Å². The molecule has 0 aliphatic rings. The van der Waals surface area contributed by atoms with E-state index >= 15 is 17.6 Å². The van der Waals surface area contributed by atoms with E-state index < -0.39 is 23.3 Å². The van der Waals surface area contributed by atoms with Gasteiger partial charge in [0.05, 0.1) is 41.0 Å². The molecule has 0 bridgehead atoms. The first kappa shape index (κ1) is 41.5. The number of anilines is 6. The summed E-state index contributed by atoms with van der Waals surface area (Å²) in [5.41, 5.74) is 9.02. The number of benzene rings is 10. The first-order chi connectivity index (χ1) is 31.9. The maximum Gasteiger partial charge on any atom is 0.187 e. The molecule has 4 nitrogen and oxygen atoms in total. The van der Waals surface area contributed by atoms with E-state index in [1.54, 1.807) is 58.3 Å². The number of rotatable bonds is 8. The van der Waals surface area contributed by atoms with Crippen LogP contribution in [0.4, 0.5) is 57.4 Å². The molecule has 0 amide bonds. The molecule has 0 spiro atoms. The number of hydrogen-bond acceptors (Lipinski definition) is 3. The highest BCUT2D eigenvalue weighted by Gasteiger charge is 2.26. The normalized spacial score (nSPS) is 11.3. The highest BCUT2D eigenvalue weighted by Crippen LogP contribution is 2.49. The number of nitriles is 1. The van der Waals surface area contributed by atoms with Gasteiger partial charge < -0.3 is 9.80 Å². The maximum absolute atomic E-state index is 16.6. The second-order valence-corrected chi connectivity index (χ2v) is 16.7. The molecule has 0 aliphatic carbocycles. The Morgan fingerprint density at radius 3 is 1.27 bits per heavy atom. The number of nitrogens with zero attached hydrogens (tertiary/aromatic N) is 4. The van der Waals surface area contributed by atoms with Crippen molar-refractivity contribution >= 4 is 72.1 Å². The summed E-state index contributed by atoms with van der Waals surface area (Å²) < 4.78 is 64.9. The van der Waals surface area contributed by atoms with Gasteiger partial charge in [0, 0.05) is 45.4 Å². The number of halogens is 4. The second-order valence-electron chi connectivity index (χ2n) is 16.7. The van der Waals surface area contributed by atoms with Gasteiger partial charge in [-0.1, -0.05) is 84.9 Å². The zero-order chi connectivity index (χ0) is 46.0. The van der Waals surface area contributed by atoms with Gasteiger partial charge in [0.2, 0.25) is 0 Å². The van der Waals surface area contributed by atoms with Crippen LogP contribution in [-0.2, 0) is 0 Å². The Balaban J connectivity index is 1.23. The Morgan fingerprint density at radius 1 is 0.439 bits per heavy atom. The van der Waals surface area contributed by atoms with Crippen molar-refractivity contribution < 1.29 is 17.6 Å². The minimum atomic E-state index is -0.779. The lowest BCUT2D eigenvalue weighted by Crippen LogP contribution is -2.14. The molecular formula is C58H38F4N4. The fourth-order valence-electron chi connectivity index (χ4n) is 9.02. The van der Waals surface area contributed by atoms with E-state index in [2.05, 4.69) is 10.9 Å². The average molecular weight is 867 g/mol. The van der Waals surface area contributed by atoms with Crippen LogP contribution in [0.3, 0.4) is 0 Å². The van der Waals surface area contributed by atoms with E-state index in [1.807, 2.05) is 113 Å². The van der Waals surface area contributed by atoms with Crippen LogP contribution < -0.4 is 9.80 Å². The largest absolute Gasteiger partial charge is 0.307 e. The fourth-order valence-corrected chi connectivity index (χ4v) is 9.02. The Labute approximate surface area is 379 Å². The van der Waals surface area contributed by atoms with E-state index in [0.717, 1.165) is 66.7 Å². The molecule has 0 saturated carbocycles. The summed E-state index contributed by atoms with van der Waals surface area (Å²) >= 11 is 0. The van der Waals surface area contributed by atoms with E-state index in [1.165, 1.54) is 12.1 Å². The third kappa shape index (κ3) is 7.01. The van der Waals surface area contributed by atoms with Crippen LogP contribution in [0.1, 0.15) is 27.8 Å². The van der Waals surface area contributed by atoms with Gasteiger partial charge >= 0.3 is 0 Å². The first-order valence-electron chi connectivity index (χ1n) is 21.3. The molecule has 0 atom stereocenters. The van der Waals surface area contributed by atoms with Gasteiger partial charge in [-0.25, -0.2) is 22.4 Å². The minimum absolute atomic E-state index is 0.102. The first-order valence-corrected chi connectivity index (χ1v) is 21.3. The third-order valence-corrected chi connectivity index (χ3v) is 12.8. The van der Waals surface area contributed by atoms with Crippen LogP contribution >= 0.6 is 0 Å². The van der Waals surface area contributed by atoms with Gasteiger partial charge in [0.25, 0.3) is 0 Å². The molecule has 66 heavy (non-hydrogen) atoms. The van der Waals surface area contributed by atoms with Crippen LogP contribution in [0.5, 0.6) is 0 Å². The van der Waals surface area contributed by atoms with Gasteiger partial charge in [-0.3, -0.25) is 0 Å². The Hall–Kier alpha value is -8.46. The van der Waals surface area contributed by atoms with Gasteiger partial charge in [-0.15, -0.1) is 0 Å². The fraction of sp³-hybridized carbons (Fsp3) is 0.0690. The molecule has 0 aromatic heterocycles. The lowest BCUT2D eigenvalue weighted by atomic mass is 9.91. The van der Waals surface area contributed by atoms with E-state index in [0.29, 0.717) is 45.1 Å². The van der Waals surface area contributed by atoms with Crippen molar-refractivity contribution in [3.05, 3.63) is 220 Å². The molecule has 0 fully saturated rings. The summed E-state index contributed by atoms with van der Waals surface area (Å²) in [7, 11) is 0. The molecule has 10 aromatic rings. The Morgan fingerprint density at radius 2 is 0.864 bits per heavy atom. The summed E-state index contributed by atoms with van der Waals surface area (Å²) in [4.78, 5) is 7.08. The van der Waals surface area contributed by atoms with Crippen LogP contribution in [-0.4, -0.2) is 0 Å². The topological polar surface area (TPSA) is 34.6 Å². The molecule has 0 N–H and O–H groups in total. The zero-order valence-electron chi connectivity index (χ0n) is 36.3. The van der Waals surface area contributed by atoms with Crippen LogP contribution in [0, 0.1) is 68.9 Å². The van der Waals surface area contributed by atoms with E-state index in [-0.39, 0.29) is 22.5 Å². The SMILES string of the molecule is [C-]#[N+]c1ccc(N(c2cc(-c3ccc(C)c(C)c3)c(F)cc2F)c2ccc3ccc4c(N(c5ccc(C#N)cc5)c5cc(-c6ccc(C)c(C)c6)c(F)cc5F)ccc5ccc2c3c54)cc1. The zero-order valence-corrected chi connectivity index (χ0v) is 36.3. The predicted molar refractivity (Wildman–Crippen MR) is 260 cm³/mol. The van der Waals surface area contributed by atoms with Crippen molar-refractivity contribution in [1.29, 1.82) is 5.26 Å². The highest BCUT2D eigenvalue weighted by atomic mass is 19.1. The molecule has 0 saturated heterocycles. The number of hydrogen-bond donors (Lipinski definition) is 0. The summed E-state index contributed by atoms with van der Waals surface area (Å²) in [5, 5.41) is 14.7. The summed E-state index contributed by atoms with van der Waals surface area (Å²) in [5.74, 6) is -2.95. The molecule has 318 valence electrons. The molecule has 0 unspecified atom stereocenters. The number of aryl methyl sites for hydroxylation is 4. The Bertz CT molecular complexity index is 3420. The minimum Gasteiger partial charge on any atom is -0.307 e. The predicted octanol–water partition coefficient (Wildman–Crippen LogP) is 17.1. The summed E-state index contributed by atoms with van der Waals surface area (Å²) in [6, 6.07) is 47.7. The van der Waals surface area contributed by atoms with Crippen LogP contribution in [0.25, 0.3) is 59.4 Å². The van der Waals surface area contributed by atoms with Crippen LogP contribution in [0.15, 0.2) is 158 Å². The quantitative estimate of drug-likeness (QED) is 0.0867. The van der Waals surface area contributed by atoms with Gasteiger partial charge in [-0.05, 0) is 143 Å². The molecule has 0 aliphatic heterocycles. The lowest BCUT2D eigenvalue weighted by Gasteiger charge is -2.30. The van der Waals surface area contributed by atoms with Gasteiger partial charge in [-0.2, -0.15) is 5.26 Å². The molecule has 10 aromatic carbocycles.